The SMILES string of the molecule is CN(CC1CC1)C(=O)c1ccn(COc2ccc(F)cc2)n1. The highest BCUT2D eigenvalue weighted by Gasteiger charge is 2.26. The van der Waals surface area contributed by atoms with Gasteiger partial charge >= 0.3 is 0 Å². The molecule has 5 nitrogen and oxygen atoms in total. The Labute approximate surface area is 128 Å². The Kier molecular flexibility index (Phi) is 4.09. The molecule has 1 heterocycles. The zero-order chi connectivity index (χ0) is 15.5. The molecule has 0 aliphatic heterocycles. The lowest BCUT2D eigenvalue weighted by Crippen LogP contribution is -2.29. The molecule has 0 atom stereocenters. The van der Waals surface area contributed by atoms with Crippen LogP contribution in [0.4, 0.5) is 4.39 Å². The van der Waals surface area contributed by atoms with E-state index in [-0.39, 0.29) is 18.5 Å². The van der Waals surface area contributed by atoms with Gasteiger partial charge in [-0.3, -0.25) is 4.79 Å². The van der Waals surface area contributed by atoms with E-state index < -0.39 is 0 Å². The molecule has 1 aliphatic rings. The molecule has 0 unspecified atom stereocenters. The van der Waals surface area contributed by atoms with Gasteiger partial charge in [0.1, 0.15) is 17.3 Å². The molecule has 6 heteroatoms. The van der Waals surface area contributed by atoms with Crippen LogP contribution in [0.5, 0.6) is 5.75 Å². The van der Waals surface area contributed by atoms with E-state index in [9.17, 15) is 9.18 Å². The van der Waals surface area contributed by atoms with Gasteiger partial charge in [0.15, 0.2) is 6.73 Å². The van der Waals surface area contributed by atoms with E-state index in [0.29, 0.717) is 17.4 Å². The van der Waals surface area contributed by atoms with Gasteiger partial charge in [-0.15, -0.1) is 0 Å². The van der Waals surface area contributed by atoms with Crippen LogP contribution in [0, 0.1) is 11.7 Å². The molecule has 2 aromatic rings. The minimum absolute atomic E-state index is 0.0765. The molecule has 1 fully saturated rings. The minimum atomic E-state index is -0.307. The first-order valence-electron chi connectivity index (χ1n) is 7.29. The Morgan fingerprint density at radius 1 is 1.36 bits per heavy atom. The number of halogens is 1. The number of ether oxygens (including phenoxy) is 1. The summed E-state index contributed by atoms with van der Waals surface area (Å²) in [5, 5.41) is 4.22. The highest BCUT2D eigenvalue weighted by molar-refractivity contribution is 5.92. The maximum atomic E-state index is 12.8. The predicted octanol–water partition coefficient (Wildman–Crippen LogP) is 2.54. The number of carbonyl (C=O) groups is 1. The van der Waals surface area contributed by atoms with Crippen molar-refractivity contribution in [2.45, 2.75) is 19.6 Å². The number of rotatable bonds is 6. The molecule has 0 spiro atoms. The summed E-state index contributed by atoms with van der Waals surface area (Å²) < 4.78 is 19.8. The first kappa shape index (κ1) is 14.6. The van der Waals surface area contributed by atoms with Crippen LogP contribution in [0.3, 0.4) is 0 Å². The molecule has 1 saturated carbocycles. The third-order valence-electron chi connectivity index (χ3n) is 3.61. The number of nitrogens with zero attached hydrogens (tertiary/aromatic N) is 3. The van der Waals surface area contributed by atoms with Crippen LogP contribution in [0.15, 0.2) is 36.5 Å². The number of aromatic nitrogens is 2. The van der Waals surface area contributed by atoms with Crippen molar-refractivity contribution in [3.8, 4) is 5.75 Å². The van der Waals surface area contributed by atoms with Gasteiger partial charge in [0.2, 0.25) is 0 Å². The van der Waals surface area contributed by atoms with E-state index in [1.165, 1.54) is 25.0 Å². The number of carbonyl (C=O) groups excluding carboxylic acids is 1. The molecule has 0 bridgehead atoms. The Morgan fingerprint density at radius 3 is 2.77 bits per heavy atom. The van der Waals surface area contributed by atoms with Crippen LogP contribution in [0.2, 0.25) is 0 Å². The Hall–Kier alpha value is -2.37. The monoisotopic (exact) mass is 303 g/mol. The Bertz CT molecular complexity index is 650. The first-order valence-corrected chi connectivity index (χ1v) is 7.29. The van der Waals surface area contributed by atoms with Crippen LogP contribution in [0.25, 0.3) is 0 Å². The summed E-state index contributed by atoms with van der Waals surface area (Å²) in [6.07, 6.45) is 4.11. The highest BCUT2D eigenvalue weighted by atomic mass is 19.1. The molecule has 22 heavy (non-hydrogen) atoms. The fourth-order valence-electron chi connectivity index (χ4n) is 2.19. The predicted molar refractivity (Wildman–Crippen MR) is 78.9 cm³/mol. The lowest BCUT2D eigenvalue weighted by molar-refractivity contribution is 0.0780. The third kappa shape index (κ3) is 3.63. The molecular formula is C16H18FN3O2. The molecule has 1 amide bonds. The molecule has 3 rings (SSSR count). The summed E-state index contributed by atoms with van der Waals surface area (Å²) in [7, 11) is 1.80. The molecular weight excluding hydrogens is 285 g/mol. The van der Waals surface area contributed by atoms with Crippen molar-refractivity contribution in [3.63, 3.8) is 0 Å². The van der Waals surface area contributed by atoms with E-state index in [1.807, 2.05) is 0 Å². The van der Waals surface area contributed by atoms with Crippen molar-refractivity contribution in [2.24, 2.45) is 5.92 Å². The lowest BCUT2D eigenvalue weighted by Gasteiger charge is -2.14. The second kappa shape index (κ2) is 6.17. The smallest absolute Gasteiger partial charge is 0.274 e. The van der Waals surface area contributed by atoms with Crippen molar-refractivity contribution < 1.29 is 13.9 Å². The topological polar surface area (TPSA) is 47.4 Å². The fraction of sp³-hybridized carbons (Fsp3) is 0.375. The van der Waals surface area contributed by atoms with Gasteiger partial charge in [-0.05, 0) is 49.1 Å². The van der Waals surface area contributed by atoms with E-state index in [0.717, 1.165) is 6.54 Å². The van der Waals surface area contributed by atoms with Gasteiger partial charge in [-0.2, -0.15) is 5.10 Å². The van der Waals surface area contributed by atoms with E-state index >= 15 is 0 Å². The summed E-state index contributed by atoms with van der Waals surface area (Å²) >= 11 is 0. The van der Waals surface area contributed by atoms with E-state index in [2.05, 4.69) is 5.10 Å². The van der Waals surface area contributed by atoms with Crippen molar-refractivity contribution in [1.82, 2.24) is 14.7 Å². The normalized spacial score (nSPS) is 13.9. The quantitative estimate of drug-likeness (QED) is 0.824. The van der Waals surface area contributed by atoms with Gasteiger partial charge in [0, 0.05) is 19.8 Å². The van der Waals surface area contributed by atoms with E-state index in [4.69, 9.17) is 4.74 Å². The maximum absolute atomic E-state index is 12.8. The third-order valence-corrected chi connectivity index (χ3v) is 3.61. The van der Waals surface area contributed by atoms with Gasteiger partial charge in [0.25, 0.3) is 5.91 Å². The van der Waals surface area contributed by atoms with Crippen molar-refractivity contribution in [3.05, 3.63) is 48.0 Å². The number of benzene rings is 1. The largest absolute Gasteiger partial charge is 0.471 e. The molecule has 0 N–H and O–H groups in total. The van der Waals surface area contributed by atoms with Crippen LogP contribution < -0.4 is 4.74 Å². The Morgan fingerprint density at radius 2 is 2.09 bits per heavy atom. The van der Waals surface area contributed by atoms with Gasteiger partial charge < -0.3 is 9.64 Å². The summed E-state index contributed by atoms with van der Waals surface area (Å²) in [5.41, 5.74) is 0.408. The summed E-state index contributed by atoms with van der Waals surface area (Å²) in [5.74, 6) is 0.818. The maximum Gasteiger partial charge on any atom is 0.274 e. The van der Waals surface area contributed by atoms with Crippen molar-refractivity contribution in [1.29, 1.82) is 0 Å². The van der Waals surface area contributed by atoms with Gasteiger partial charge in [-0.25, -0.2) is 9.07 Å². The summed E-state index contributed by atoms with van der Waals surface area (Å²) in [6.45, 7) is 0.961. The average molecular weight is 303 g/mol. The number of hydrogen-bond acceptors (Lipinski definition) is 3. The van der Waals surface area contributed by atoms with Crippen molar-refractivity contribution in [2.75, 3.05) is 13.6 Å². The second-order valence-electron chi connectivity index (χ2n) is 5.60. The second-order valence-corrected chi connectivity index (χ2v) is 5.60. The van der Waals surface area contributed by atoms with Crippen molar-refractivity contribution >= 4 is 5.91 Å². The standard InChI is InChI=1S/C16H18FN3O2/c1-19(10-12-2-3-12)16(21)15-8-9-20(18-15)11-22-14-6-4-13(17)5-7-14/h4-9,12H,2-3,10-11H2,1H3. The van der Waals surface area contributed by atoms with E-state index in [1.54, 1.807) is 41.0 Å². The van der Waals surface area contributed by atoms with Crippen LogP contribution in [-0.2, 0) is 6.73 Å². The first-order chi connectivity index (χ1) is 10.6. The van der Waals surface area contributed by atoms with Gasteiger partial charge in [-0.1, -0.05) is 0 Å². The minimum Gasteiger partial charge on any atom is -0.471 e. The van der Waals surface area contributed by atoms with Crippen LogP contribution >= 0.6 is 0 Å². The zero-order valence-corrected chi connectivity index (χ0v) is 12.4. The molecule has 0 radical (unpaired) electrons. The zero-order valence-electron chi connectivity index (χ0n) is 12.4. The number of hydrogen-bond donors (Lipinski definition) is 0. The average Bonchev–Trinajstić information content (AvgIpc) is 3.20. The fourth-order valence-corrected chi connectivity index (χ4v) is 2.19. The van der Waals surface area contributed by atoms with Crippen LogP contribution in [0.1, 0.15) is 23.3 Å². The molecule has 1 aliphatic carbocycles. The van der Waals surface area contributed by atoms with Gasteiger partial charge in [0.05, 0.1) is 0 Å². The highest BCUT2D eigenvalue weighted by Crippen LogP contribution is 2.29. The summed E-state index contributed by atoms with van der Waals surface area (Å²) in [6, 6.07) is 7.45. The molecule has 116 valence electrons. The lowest BCUT2D eigenvalue weighted by atomic mass is 10.3. The summed E-state index contributed by atoms with van der Waals surface area (Å²) in [4.78, 5) is 13.9. The molecule has 1 aromatic heterocycles. The number of amides is 1. The molecule has 0 saturated heterocycles. The van der Waals surface area contributed by atoms with Crippen LogP contribution in [-0.4, -0.2) is 34.2 Å². The molecule has 1 aromatic carbocycles. The Balaban J connectivity index is 1.56.